The molecule has 0 unspecified atom stereocenters. The van der Waals surface area contributed by atoms with Gasteiger partial charge in [0, 0.05) is 40.5 Å². The maximum atomic E-state index is 5.76. The summed E-state index contributed by atoms with van der Waals surface area (Å²) in [7, 11) is -0.570. The van der Waals surface area contributed by atoms with E-state index in [0.29, 0.717) is 0 Å². The lowest BCUT2D eigenvalue weighted by molar-refractivity contribution is -0.146. The summed E-state index contributed by atoms with van der Waals surface area (Å²) in [6.45, 7) is 13.2. The molecule has 0 aliphatic rings. The van der Waals surface area contributed by atoms with E-state index in [0.717, 1.165) is 32.5 Å². The average Bonchev–Trinajstić information content (AvgIpc) is 2.49. The molecule has 138 valence electrons. The first-order chi connectivity index (χ1) is 11.0. The van der Waals surface area contributed by atoms with Crippen molar-refractivity contribution in [3.05, 3.63) is 12.2 Å². The zero-order valence-electron chi connectivity index (χ0n) is 16.5. The van der Waals surface area contributed by atoms with Crippen molar-refractivity contribution >= 4 is 7.26 Å². The molecule has 0 N–H and O–H groups in total. The van der Waals surface area contributed by atoms with Crippen LogP contribution >= 0.6 is 7.26 Å². The molecule has 2 nitrogen and oxygen atoms in total. The van der Waals surface area contributed by atoms with Crippen molar-refractivity contribution in [2.75, 3.05) is 39.4 Å². The number of hydrogen-bond acceptors (Lipinski definition) is 2. The minimum Gasteiger partial charge on any atom is -0.353 e. The normalized spacial score (nSPS) is 12.6. The van der Waals surface area contributed by atoms with Crippen molar-refractivity contribution in [2.24, 2.45) is 0 Å². The van der Waals surface area contributed by atoms with Crippen molar-refractivity contribution in [1.29, 1.82) is 0 Å². The van der Waals surface area contributed by atoms with Crippen molar-refractivity contribution in [2.45, 2.75) is 77.9 Å². The van der Waals surface area contributed by atoms with E-state index in [1.165, 1.54) is 44.7 Å². The van der Waals surface area contributed by atoms with Crippen molar-refractivity contribution in [1.82, 2.24) is 0 Å². The molecule has 0 fully saturated rings. The lowest BCUT2D eigenvalue weighted by atomic mass is 10.1. The second-order valence-electron chi connectivity index (χ2n) is 7.44. The van der Waals surface area contributed by atoms with Gasteiger partial charge in [0.1, 0.15) is 0 Å². The predicted octanol–water partition coefficient (Wildman–Crippen LogP) is 6.36. The van der Waals surface area contributed by atoms with Gasteiger partial charge in [0.15, 0.2) is 6.29 Å². The van der Waals surface area contributed by atoms with E-state index >= 15 is 0 Å². The molecule has 0 spiro atoms. The van der Waals surface area contributed by atoms with Crippen LogP contribution in [0.2, 0.25) is 0 Å². The molecule has 0 bridgehead atoms. The minimum absolute atomic E-state index is 0.0196. The van der Waals surface area contributed by atoms with Crippen LogP contribution < -0.4 is 0 Å². The van der Waals surface area contributed by atoms with E-state index in [9.17, 15) is 0 Å². The van der Waals surface area contributed by atoms with Crippen molar-refractivity contribution < 1.29 is 9.47 Å². The van der Waals surface area contributed by atoms with Crippen LogP contribution in [0.25, 0.3) is 0 Å². The quantitative estimate of drug-likeness (QED) is 0.140. The van der Waals surface area contributed by atoms with Crippen LogP contribution in [0, 0.1) is 0 Å². The average molecular weight is 346 g/mol. The van der Waals surface area contributed by atoms with Gasteiger partial charge >= 0.3 is 0 Å². The Morgan fingerprint density at radius 2 is 1.35 bits per heavy atom. The maximum Gasteiger partial charge on any atom is 0.157 e. The molecule has 0 heterocycles. The van der Waals surface area contributed by atoms with E-state index in [2.05, 4.69) is 46.0 Å². The van der Waals surface area contributed by atoms with E-state index < -0.39 is 7.26 Å². The highest BCUT2D eigenvalue weighted by molar-refractivity contribution is 7.73. The molecule has 0 rings (SSSR count). The van der Waals surface area contributed by atoms with Crippen LogP contribution in [-0.4, -0.2) is 45.7 Å². The fraction of sp³-hybridized carbons (Fsp3) is 0.900. The molecule has 0 aromatic carbocycles. The van der Waals surface area contributed by atoms with Crippen LogP contribution in [0.1, 0.15) is 71.6 Å². The van der Waals surface area contributed by atoms with E-state index in [-0.39, 0.29) is 6.29 Å². The Morgan fingerprint density at radius 3 is 1.87 bits per heavy atom. The van der Waals surface area contributed by atoms with Gasteiger partial charge in [-0.25, -0.2) is 0 Å². The van der Waals surface area contributed by atoms with E-state index in [1.807, 2.05) is 0 Å². The Balaban J connectivity index is 3.53. The first kappa shape index (κ1) is 23.1. The molecule has 3 heteroatoms. The number of allylic oxidation sites excluding steroid dienone is 2. The van der Waals surface area contributed by atoms with Gasteiger partial charge in [-0.05, 0) is 51.4 Å². The standard InChI is InChI=1S/C20H42O2P/c1-6-17-21-20(22-18-7-2)16-14-12-10-8-9-11-13-15-19-23(3,4)5/h9,11,20H,6-8,10,12-19H2,1-5H3/q+1/b11-9+. The molecule has 0 aromatic heterocycles. The second-order valence-corrected chi connectivity index (χ2v) is 12.5. The van der Waals surface area contributed by atoms with Gasteiger partial charge in [-0.1, -0.05) is 32.4 Å². The lowest BCUT2D eigenvalue weighted by Crippen LogP contribution is -2.18. The smallest absolute Gasteiger partial charge is 0.157 e. The fourth-order valence-electron chi connectivity index (χ4n) is 2.38. The van der Waals surface area contributed by atoms with Crippen LogP contribution in [0.3, 0.4) is 0 Å². The highest BCUT2D eigenvalue weighted by Gasteiger charge is 2.14. The maximum absolute atomic E-state index is 5.76. The summed E-state index contributed by atoms with van der Waals surface area (Å²) in [5, 5.41) is 0. The van der Waals surface area contributed by atoms with Gasteiger partial charge in [-0.3, -0.25) is 0 Å². The van der Waals surface area contributed by atoms with Crippen molar-refractivity contribution in [3.63, 3.8) is 0 Å². The molecule has 0 aliphatic carbocycles. The molecule has 0 atom stereocenters. The minimum atomic E-state index is -0.570. The Kier molecular flexibility index (Phi) is 15.7. The van der Waals surface area contributed by atoms with Gasteiger partial charge < -0.3 is 9.47 Å². The van der Waals surface area contributed by atoms with Gasteiger partial charge in [-0.15, -0.1) is 0 Å². The van der Waals surface area contributed by atoms with E-state index in [1.54, 1.807) is 0 Å². The predicted molar refractivity (Wildman–Crippen MR) is 107 cm³/mol. The summed E-state index contributed by atoms with van der Waals surface area (Å²) in [5.41, 5.74) is 0. The fourth-order valence-corrected chi connectivity index (χ4v) is 3.51. The van der Waals surface area contributed by atoms with Gasteiger partial charge in [0.25, 0.3) is 0 Å². The summed E-state index contributed by atoms with van der Waals surface area (Å²) in [6.07, 6.45) is 17.0. The number of rotatable bonds is 16. The molecule has 0 saturated heterocycles. The Morgan fingerprint density at radius 1 is 0.783 bits per heavy atom. The molecule has 0 aliphatic heterocycles. The largest absolute Gasteiger partial charge is 0.353 e. The summed E-state index contributed by atoms with van der Waals surface area (Å²) < 4.78 is 11.5. The van der Waals surface area contributed by atoms with Gasteiger partial charge in [0.2, 0.25) is 0 Å². The van der Waals surface area contributed by atoms with Gasteiger partial charge in [-0.2, -0.15) is 0 Å². The summed E-state index contributed by atoms with van der Waals surface area (Å²) in [5.74, 6) is 0. The van der Waals surface area contributed by atoms with E-state index in [4.69, 9.17) is 9.47 Å². The molecule has 0 radical (unpaired) electrons. The van der Waals surface area contributed by atoms with Gasteiger partial charge in [0.05, 0.1) is 6.16 Å². The third-order valence-corrected chi connectivity index (χ3v) is 5.35. The van der Waals surface area contributed by atoms with Crippen LogP contribution in [-0.2, 0) is 9.47 Å². The first-order valence-electron chi connectivity index (χ1n) is 9.68. The number of unbranched alkanes of at least 4 members (excludes halogenated alkanes) is 4. The Hall–Kier alpha value is 0.0900. The second kappa shape index (κ2) is 15.6. The monoisotopic (exact) mass is 345 g/mol. The molecule has 0 saturated carbocycles. The summed E-state index contributed by atoms with van der Waals surface area (Å²) in [6, 6.07) is 0. The van der Waals surface area contributed by atoms with Crippen LogP contribution in [0.4, 0.5) is 0 Å². The number of hydrogen-bond donors (Lipinski definition) is 0. The highest BCUT2D eigenvalue weighted by Crippen LogP contribution is 2.47. The molecule has 23 heavy (non-hydrogen) atoms. The first-order valence-corrected chi connectivity index (χ1v) is 13.0. The highest BCUT2D eigenvalue weighted by atomic mass is 31.2. The number of ether oxygens (including phenoxy) is 2. The third kappa shape index (κ3) is 18.3. The summed E-state index contributed by atoms with van der Waals surface area (Å²) in [4.78, 5) is 0. The molecular formula is C20H42O2P+. The van der Waals surface area contributed by atoms with Crippen LogP contribution in [0.5, 0.6) is 0 Å². The summed E-state index contributed by atoms with van der Waals surface area (Å²) >= 11 is 0. The molecular weight excluding hydrogens is 303 g/mol. The zero-order chi connectivity index (χ0) is 17.4. The van der Waals surface area contributed by atoms with Crippen LogP contribution in [0.15, 0.2) is 12.2 Å². The third-order valence-electron chi connectivity index (χ3n) is 3.69. The van der Waals surface area contributed by atoms with Crippen molar-refractivity contribution in [3.8, 4) is 0 Å². The molecule has 0 aromatic rings. The lowest BCUT2D eigenvalue weighted by Gasteiger charge is -2.17. The molecule has 0 amide bonds. The SMILES string of the molecule is CCCOC(CCCCC/C=C/CCC[P+](C)(C)C)OCCC. The zero-order valence-corrected chi connectivity index (χ0v) is 17.4. The topological polar surface area (TPSA) is 18.5 Å². The Labute approximate surface area is 146 Å². The Bertz CT molecular complexity index is 263.